The molecule has 0 saturated heterocycles. The number of nitrogens with two attached hydrogens (primary N) is 1. The van der Waals surface area contributed by atoms with Crippen LogP contribution in [-0.2, 0) is 4.74 Å². The van der Waals surface area contributed by atoms with Crippen LogP contribution < -0.4 is 11.2 Å². The molecule has 1 heterocycles. The van der Waals surface area contributed by atoms with E-state index in [1.54, 1.807) is 0 Å². The highest BCUT2D eigenvalue weighted by Gasteiger charge is 2.35. The Labute approximate surface area is 83.3 Å². The molecule has 1 aliphatic carbocycles. The second kappa shape index (κ2) is 3.18. The molecule has 2 rings (SSSR count). The number of alkyl halides is 3. The van der Waals surface area contributed by atoms with Crippen molar-refractivity contribution in [2.24, 2.45) is 16.8 Å². The first-order chi connectivity index (χ1) is 6.96. The standard InChI is InChI=1S/C8H8F3N3O/c9-8(10,11)15-4-1-2-6-5(3-4)7(12)14-13-6/h1-3,5-6,13H,(H2,12,14). The van der Waals surface area contributed by atoms with Gasteiger partial charge in [0.05, 0.1) is 12.0 Å². The van der Waals surface area contributed by atoms with E-state index in [0.717, 1.165) is 0 Å². The lowest BCUT2D eigenvalue weighted by Gasteiger charge is -2.19. The van der Waals surface area contributed by atoms with E-state index in [1.807, 2.05) is 0 Å². The van der Waals surface area contributed by atoms with Gasteiger partial charge in [0.2, 0.25) is 0 Å². The van der Waals surface area contributed by atoms with Crippen molar-refractivity contribution >= 4 is 5.84 Å². The largest absolute Gasteiger partial charge is 0.573 e. The van der Waals surface area contributed by atoms with Gasteiger partial charge in [-0.25, -0.2) is 0 Å². The van der Waals surface area contributed by atoms with Gasteiger partial charge in [0.1, 0.15) is 11.6 Å². The van der Waals surface area contributed by atoms with E-state index in [2.05, 4.69) is 15.3 Å². The van der Waals surface area contributed by atoms with Gasteiger partial charge in [0.15, 0.2) is 0 Å². The second-order valence-corrected chi connectivity index (χ2v) is 3.19. The molecule has 0 fully saturated rings. The van der Waals surface area contributed by atoms with Crippen molar-refractivity contribution in [1.82, 2.24) is 5.43 Å². The van der Waals surface area contributed by atoms with E-state index in [4.69, 9.17) is 5.73 Å². The van der Waals surface area contributed by atoms with Gasteiger partial charge < -0.3 is 15.9 Å². The van der Waals surface area contributed by atoms with Crippen LogP contribution in [0.4, 0.5) is 13.2 Å². The van der Waals surface area contributed by atoms with E-state index in [0.29, 0.717) is 0 Å². The van der Waals surface area contributed by atoms with Crippen LogP contribution in [0.2, 0.25) is 0 Å². The summed E-state index contributed by atoms with van der Waals surface area (Å²) < 4.78 is 39.5. The molecule has 0 aromatic rings. The van der Waals surface area contributed by atoms with Crippen LogP contribution in [0.1, 0.15) is 0 Å². The monoisotopic (exact) mass is 219 g/mol. The summed E-state index contributed by atoms with van der Waals surface area (Å²) in [6.45, 7) is 0. The number of ether oxygens (including phenoxy) is 1. The van der Waals surface area contributed by atoms with Crippen molar-refractivity contribution in [3.05, 3.63) is 24.0 Å². The lowest BCUT2D eigenvalue weighted by Crippen LogP contribution is -2.31. The van der Waals surface area contributed by atoms with Crippen LogP contribution >= 0.6 is 0 Å². The van der Waals surface area contributed by atoms with Crippen molar-refractivity contribution in [1.29, 1.82) is 0 Å². The molecular weight excluding hydrogens is 211 g/mol. The topological polar surface area (TPSA) is 59.6 Å². The highest BCUT2D eigenvalue weighted by Crippen LogP contribution is 2.27. The summed E-state index contributed by atoms with van der Waals surface area (Å²) in [4.78, 5) is 0. The molecule has 0 saturated carbocycles. The molecule has 4 nitrogen and oxygen atoms in total. The SMILES string of the molecule is NC1=NNC2C=CC(OC(F)(F)F)=CC12. The Morgan fingerprint density at radius 3 is 2.87 bits per heavy atom. The summed E-state index contributed by atoms with van der Waals surface area (Å²) in [6, 6.07) is -0.175. The van der Waals surface area contributed by atoms with Gasteiger partial charge >= 0.3 is 6.36 Å². The van der Waals surface area contributed by atoms with Gasteiger partial charge in [-0.05, 0) is 12.2 Å². The fraction of sp³-hybridized carbons (Fsp3) is 0.375. The third-order valence-corrected chi connectivity index (χ3v) is 2.12. The number of rotatable bonds is 1. The third kappa shape index (κ3) is 2.05. The molecule has 0 radical (unpaired) electrons. The van der Waals surface area contributed by atoms with Crippen molar-refractivity contribution < 1.29 is 17.9 Å². The van der Waals surface area contributed by atoms with Crippen LogP contribution in [0.3, 0.4) is 0 Å². The molecule has 3 N–H and O–H groups in total. The molecule has 0 aromatic heterocycles. The molecule has 2 atom stereocenters. The lowest BCUT2D eigenvalue weighted by atomic mass is 9.95. The predicted octanol–water partition coefficient (Wildman–Crippen LogP) is 0.837. The summed E-state index contributed by atoms with van der Waals surface area (Å²) in [5.41, 5.74) is 8.17. The Balaban J connectivity index is 2.13. The van der Waals surface area contributed by atoms with E-state index in [9.17, 15) is 13.2 Å². The maximum atomic E-state index is 11.9. The van der Waals surface area contributed by atoms with Crippen LogP contribution in [0.5, 0.6) is 0 Å². The fourth-order valence-electron chi connectivity index (χ4n) is 1.47. The zero-order valence-electron chi connectivity index (χ0n) is 7.45. The minimum absolute atomic E-state index is 0.175. The number of amidine groups is 1. The van der Waals surface area contributed by atoms with Crippen molar-refractivity contribution in [2.75, 3.05) is 0 Å². The zero-order chi connectivity index (χ0) is 11.1. The average Bonchev–Trinajstić information content (AvgIpc) is 2.45. The molecule has 15 heavy (non-hydrogen) atoms. The summed E-state index contributed by atoms with van der Waals surface area (Å²) in [6.07, 6.45) is -0.594. The minimum Gasteiger partial charge on any atom is -0.406 e. The molecular formula is C8H8F3N3O. The van der Waals surface area contributed by atoms with Crippen LogP contribution in [0, 0.1) is 5.92 Å². The molecule has 2 aliphatic rings. The second-order valence-electron chi connectivity index (χ2n) is 3.19. The molecule has 1 aliphatic heterocycles. The van der Waals surface area contributed by atoms with E-state index < -0.39 is 6.36 Å². The van der Waals surface area contributed by atoms with Crippen molar-refractivity contribution in [2.45, 2.75) is 12.4 Å². The predicted molar refractivity (Wildman–Crippen MR) is 46.4 cm³/mol. The first kappa shape index (κ1) is 9.88. The van der Waals surface area contributed by atoms with Gasteiger partial charge in [-0.3, -0.25) is 0 Å². The summed E-state index contributed by atoms with van der Waals surface area (Å²) in [5.74, 6) is -0.370. The summed E-state index contributed by atoms with van der Waals surface area (Å²) in [5, 5.41) is 3.72. The number of fused-ring (bicyclic) bond motifs is 1. The number of hydrazone groups is 1. The quantitative estimate of drug-likeness (QED) is 0.686. The Morgan fingerprint density at radius 1 is 1.47 bits per heavy atom. The van der Waals surface area contributed by atoms with Gasteiger partial charge in [-0.1, -0.05) is 6.08 Å². The first-order valence-electron chi connectivity index (χ1n) is 4.20. The number of hydrogen-bond acceptors (Lipinski definition) is 4. The maximum absolute atomic E-state index is 11.9. The molecule has 0 spiro atoms. The van der Waals surface area contributed by atoms with Crippen LogP contribution in [-0.4, -0.2) is 18.2 Å². The van der Waals surface area contributed by atoms with Gasteiger partial charge in [-0.2, -0.15) is 5.10 Å². The number of nitrogens with one attached hydrogen (secondary N) is 1. The highest BCUT2D eigenvalue weighted by molar-refractivity contribution is 5.87. The van der Waals surface area contributed by atoms with Crippen LogP contribution in [0.25, 0.3) is 0 Å². The van der Waals surface area contributed by atoms with Gasteiger partial charge in [0.25, 0.3) is 0 Å². The Bertz CT molecular complexity index is 359. The summed E-state index contributed by atoms with van der Waals surface area (Å²) in [7, 11) is 0. The third-order valence-electron chi connectivity index (χ3n) is 2.12. The first-order valence-corrected chi connectivity index (χ1v) is 4.20. The molecule has 0 bridgehead atoms. The van der Waals surface area contributed by atoms with Gasteiger partial charge in [0, 0.05) is 0 Å². The molecule has 0 aromatic carbocycles. The molecule has 0 amide bonds. The maximum Gasteiger partial charge on any atom is 0.573 e. The van der Waals surface area contributed by atoms with Gasteiger partial charge in [-0.15, -0.1) is 13.2 Å². The van der Waals surface area contributed by atoms with Crippen molar-refractivity contribution in [3.8, 4) is 0 Å². The molecule has 82 valence electrons. The Morgan fingerprint density at radius 2 is 2.20 bits per heavy atom. The zero-order valence-corrected chi connectivity index (χ0v) is 7.45. The molecule has 2 unspecified atom stereocenters. The number of allylic oxidation sites excluding steroid dienone is 1. The average molecular weight is 219 g/mol. The smallest absolute Gasteiger partial charge is 0.406 e. The normalized spacial score (nSPS) is 29.0. The number of hydrogen-bond donors (Lipinski definition) is 2. The number of halogens is 3. The minimum atomic E-state index is -4.68. The van der Waals surface area contributed by atoms with Crippen LogP contribution in [0.15, 0.2) is 29.1 Å². The Kier molecular flexibility index (Phi) is 2.09. The molecule has 7 heteroatoms. The highest BCUT2D eigenvalue weighted by atomic mass is 19.4. The Hall–Kier alpha value is -1.66. The summed E-state index contributed by atoms with van der Waals surface area (Å²) >= 11 is 0. The van der Waals surface area contributed by atoms with E-state index in [1.165, 1.54) is 18.2 Å². The number of nitrogens with zero attached hydrogens (tertiary/aromatic N) is 1. The lowest BCUT2D eigenvalue weighted by molar-refractivity contribution is -0.303. The van der Waals surface area contributed by atoms with Crippen molar-refractivity contribution in [3.63, 3.8) is 0 Å². The fourth-order valence-corrected chi connectivity index (χ4v) is 1.47. The van der Waals surface area contributed by atoms with E-state index in [-0.39, 0.29) is 23.6 Å². The van der Waals surface area contributed by atoms with E-state index >= 15 is 0 Å².